The summed E-state index contributed by atoms with van der Waals surface area (Å²) in [5.41, 5.74) is 0. The molecule has 1 N–H and O–H groups in total. The Morgan fingerprint density at radius 1 is 1.38 bits per heavy atom. The Morgan fingerprint density at radius 3 is 2.85 bits per heavy atom. The van der Waals surface area contributed by atoms with Gasteiger partial charge >= 0.3 is 0 Å². The number of aryl methyl sites for hydroxylation is 1. The smallest absolute Gasteiger partial charge is 0.194 e. The van der Waals surface area contributed by atoms with Crippen molar-refractivity contribution in [3.8, 4) is 0 Å². The minimum absolute atomic E-state index is 0.552. The molecule has 0 spiro atoms. The molecule has 0 bridgehead atoms. The Balaban J connectivity index is 1.96. The van der Waals surface area contributed by atoms with Crippen molar-refractivity contribution in [2.45, 2.75) is 53.5 Å². The van der Waals surface area contributed by atoms with Gasteiger partial charge in [-0.05, 0) is 44.9 Å². The molecule has 1 aromatic rings. The average Bonchev–Trinajstić information content (AvgIpc) is 3.18. The van der Waals surface area contributed by atoms with Crippen molar-refractivity contribution in [3.63, 3.8) is 0 Å². The van der Waals surface area contributed by atoms with Crippen LogP contribution in [0.5, 0.6) is 0 Å². The van der Waals surface area contributed by atoms with Crippen molar-refractivity contribution >= 4 is 5.96 Å². The van der Waals surface area contributed by atoms with Gasteiger partial charge < -0.3 is 19.5 Å². The van der Waals surface area contributed by atoms with Gasteiger partial charge in [0.15, 0.2) is 11.8 Å². The average molecular weight is 365 g/mol. The summed E-state index contributed by atoms with van der Waals surface area (Å²) in [6, 6.07) is 0. The van der Waals surface area contributed by atoms with Gasteiger partial charge in [-0.2, -0.15) is 0 Å². The number of ether oxygens (including phenoxy) is 1. The lowest BCUT2D eigenvalue weighted by molar-refractivity contribution is 0.145. The van der Waals surface area contributed by atoms with E-state index in [9.17, 15) is 0 Å². The van der Waals surface area contributed by atoms with Crippen LogP contribution < -0.4 is 5.32 Å². The SMILES string of the molecule is CCOCCCNC(=NCc1nnc(C)n1C)N1CCC(CC(C)C)C1. The molecule has 1 unspecified atom stereocenters. The van der Waals surface area contributed by atoms with Crippen molar-refractivity contribution in [3.05, 3.63) is 11.6 Å². The second-order valence-electron chi connectivity index (χ2n) is 7.57. The van der Waals surface area contributed by atoms with E-state index in [2.05, 4.69) is 34.3 Å². The van der Waals surface area contributed by atoms with E-state index in [1.54, 1.807) is 0 Å². The Morgan fingerprint density at radius 2 is 2.19 bits per heavy atom. The van der Waals surface area contributed by atoms with Gasteiger partial charge in [0, 0.05) is 39.9 Å². The normalized spacial score (nSPS) is 18.2. The highest BCUT2D eigenvalue weighted by Gasteiger charge is 2.25. The zero-order chi connectivity index (χ0) is 18.9. The highest BCUT2D eigenvalue weighted by molar-refractivity contribution is 5.80. The molecular formula is C19H36N6O. The highest BCUT2D eigenvalue weighted by atomic mass is 16.5. The molecule has 7 nitrogen and oxygen atoms in total. The summed E-state index contributed by atoms with van der Waals surface area (Å²) in [5, 5.41) is 11.9. The van der Waals surface area contributed by atoms with E-state index in [0.717, 1.165) is 68.7 Å². The molecule has 0 aromatic carbocycles. The number of aromatic nitrogens is 3. The molecule has 2 heterocycles. The lowest BCUT2D eigenvalue weighted by atomic mass is 9.97. The van der Waals surface area contributed by atoms with E-state index in [1.165, 1.54) is 12.8 Å². The summed E-state index contributed by atoms with van der Waals surface area (Å²) >= 11 is 0. The first-order valence-corrected chi connectivity index (χ1v) is 9.97. The number of nitrogens with one attached hydrogen (secondary N) is 1. The first-order chi connectivity index (χ1) is 12.5. The zero-order valence-corrected chi connectivity index (χ0v) is 17.2. The van der Waals surface area contributed by atoms with Crippen molar-refractivity contribution in [2.75, 3.05) is 32.8 Å². The molecule has 1 aliphatic rings. The van der Waals surface area contributed by atoms with Gasteiger partial charge in [-0.25, -0.2) is 4.99 Å². The largest absolute Gasteiger partial charge is 0.382 e. The summed E-state index contributed by atoms with van der Waals surface area (Å²) in [7, 11) is 1.99. The summed E-state index contributed by atoms with van der Waals surface area (Å²) in [5.74, 6) is 4.32. The molecule has 1 saturated heterocycles. The topological polar surface area (TPSA) is 67.6 Å². The maximum atomic E-state index is 5.43. The maximum Gasteiger partial charge on any atom is 0.194 e. The van der Waals surface area contributed by atoms with E-state index in [1.807, 2.05) is 25.5 Å². The molecule has 1 atom stereocenters. The molecule has 0 amide bonds. The first kappa shape index (κ1) is 20.7. The lowest BCUT2D eigenvalue weighted by Crippen LogP contribution is -2.41. The third-order valence-electron chi connectivity index (χ3n) is 4.90. The van der Waals surface area contributed by atoms with Gasteiger partial charge in [-0.1, -0.05) is 13.8 Å². The van der Waals surface area contributed by atoms with Gasteiger partial charge in [-0.3, -0.25) is 0 Å². The van der Waals surface area contributed by atoms with Crippen LogP contribution in [0.3, 0.4) is 0 Å². The van der Waals surface area contributed by atoms with E-state index in [4.69, 9.17) is 9.73 Å². The number of rotatable bonds is 9. The minimum atomic E-state index is 0.552. The van der Waals surface area contributed by atoms with Crippen LogP contribution in [-0.4, -0.2) is 58.5 Å². The van der Waals surface area contributed by atoms with Crippen LogP contribution in [0.4, 0.5) is 0 Å². The van der Waals surface area contributed by atoms with Crippen LogP contribution in [0.2, 0.25) is 0 Å². The summed E-state index contributed by atoms with van der Waals surface area (Å²) in [6.45, 7) is 13.8. The van der Waals surface area contributed by atoms with Crippen molar-refractivity contribution < 1.29 is 4.74 Å². The standard InChI is InChI=1S/C19H36N6O/c1-6-26-11-7-9-20-19(21-13-18-23-22-16(4)24(18)5)25-10-8-17(14-25)12-15(2)3/h15,17H,6-14H2,1-5H3,(H,20,21). The van der Waals surface area contributed by atoms with Gasteiger partial charge in [0.1, 0.15) is 12.4 Å². The number of likely N-dealkylation sites (tertiary alicyclic amines) is 1. The summed E-state index contributed by atoms with van der Waals surface area (Å²) in [4.78, 5) is 7.25. The molecule has 148 valence electrons. The molecule has 1 aliphatic heterocycles. The summed E-state index contributed by atoms with van der Waals surface area (Å²) in [6.07, 6.45) is 3.52. The van der Waals surface area contributed by atoms with Crippen molar-refractivity contribution in [1.29, 1.82) is 0 Å². The third kappa shape index (κ3) is 6.27. The quantitative estimate of drug-likeness (QED) is 0.414. The van der Waals surface area contributed by atoms with Crippen LogP contribution in [0, 0.1) is 18.8 Å². The Labute approximate surface area is 158 Å². The van der Waals surface area contributed by atoms with E-state index >= 15 is 0 Å². The fraction of sp³-hybridized carbons (Fsp3) is 0.842. The summed E-state index contributed by atoms with van der Waals surface area (Å²) < 4.78 is 7.44. The second kappa shape index (κ2) is 10.5. The van der Waals surface area contributed by atoms with Gasteiger partial charge in [0.25, 0.3) is 0 Å². The van der Waals surface area contributed by atoms with E-state index in [0.29, 0.717) is 6.54 Å². The number of aliphatic imine (C=N–C) groups is 1. The fourth-order valence-electron chi connectivity index (χ4n) is 3.40. The van der Waals surface area contributed by atoms with Crippen LogP contribution in [0.1, 0.15) is 51.7 Å². The van der Waals surface area contributed by atoms with Crippen LogP contribution >= 0.6 is 0 Å². The lowest BCUT2D eigenvalue weighted by Gasteiger charge is -2.22. The Bertz CT molecular complexity index is 568. The van der Waals surface area contributed by atoms with Crippen LogP contribution in [0.15, 0.2) is 4.99 Å². The van der Waals surface area contributed by atoms with Gasteiger partial charge in [0.05, 0.1) is 0 Å². The molecule has 1 fully saturated rings. The zero-order valence-electron chi connectivity index (χ0n) is 17.2. The van der Waals surface area contributed by atoms with Gasteiger partial charge in [-0.15, -0.1) is 10.2 Å². The fourth-order valence-corrected chi connectivity index (χ4v) is 3.40. The van der Waals surface area contributed by atoms with E-state index in [-0.39, 0.29) is 0 Å². The molecule has 0 radical (unpaired) electrons. The third-order valence-corrected chi connectivity index (χ3v) is 4.90. The molecular weight excluding hydrogens is 328 g/mol. The number of guanidine groups is 1. The highest BCUT2D eigenvalue weighted by Crippen LogP contribution is 2.23. The minimum Gasteiger partial charge on any atom is -0.382 e. The van der Waals surface area contributed by atoms with Gasteiger partial charge in [0.2, 0.25) is 0 Å². The predicted molar refractivity (Wildman–Crippen MR) is 105 cm³/mol. The van der Waals surface area contributed by atoms with Crippen LogP contribution in [0.25, 0.3) is 0 Å². The van der Waals surface area contributed by atoms with Crippen molar-refractivity contribution in [2.24, 2.45) is 23.9 Å². The molecule has 26 heavy (non-hydrogen) atoms. The predicted octanol–water partition coefficient (Wildman–Crippen LogP) is 2.36. The molecule has 0 aliphatic carbocycles. The molecule has 0 saturated carbocycles. The molecule has 7 heteroatoms. The van der Waals surface area contributed by atoms with Crippen LogP contribution in [-0.2, 0) is 18.3 Å². The Hall–Kier alpha value is -1.63. The first-order valence-electron chi connectivity index (χ1n) is 9.97. The monoisotopic (exact) mass is 364 g/mol. The number of hydrogen-bond donors (Lipinski definition) is 1. The Kier molecular flexibility index (Phi) is 8.35. The maximum absolute atomic E-state index is 5.43. The number of hydrogen-bond acceptors (Lipinski definition) is 4. The molecule has 1 aromatic heterocycles. The number of nitrogens with zero attached hydrogens (tertiary/aromatic N) is 5. The molecule has 2 rings (SSSR count). The van der Waals surface area contributed by atoms with E-state index < -0.39 is 0 Å². The second-order valence-corrected chi connectivity index (χ2v) is 7.57. The van der Waals surface area contributed by atoms with Crippen molar-refractivity contribution in [1.82, 2.24) is 25.0 Å².